The van der Waals surface area contributed by atoms with Crippen LogP contribution in [0.1, 0.15) is 19.4 Å². The molecule has 3 rings (SSSR count). The number of ether oxygens (including phenoxy) is 2. The van der Waals surface area contributed by atoms with Crippen molar-refractivity contribution in [3.05, 3.63) is 59.0 Å². The van der Waals surface area contributed by atoms with Gasteiger partial charge in [0.2, 0.25) is 0 Å². The molecule has 30 heavy (non-hydrogen) atoms. The minimum atomic E-state index is -0.416. The van der Waals surface area contributed by atoms with Crippen molar-refractivity contribution >= 4 is 34.8 Å². The number of benzene rings is 2. The van der Waals surface area contributed by atoms with Gasteiger partial charge in [0.15, 0.2) is 0 Å². The van der Waals surface area contributed by atoms with Crippen LogP contribution in [0.4, 0.5) is 5.69 Å². The van der Waals surface area contributed by atoms with Crippen molar-refractivity contribution in [3.63, 3.8) is 0 Å². The highest BCUT2D eigenvalue weighted by atomic mass is 32.2. The summed E-state index contributed by atoms with van der Waals surface area (Å²) in [6, 6.07) is 14.0. The van der Waals surface area contributed by atoms with Gasteiger partial charge in [-0.15, -0.1) is 11.8 Å². The van der Waals surface area contributed by atoms with Gasteiger partial charge in [0.1, 0.15) is 11.5 Å². The molecule has 0 saturated heterocycles. The van der Waals surface area contributed by atoms with E-state index in [9.17, 15) is 14.7 Å². The summed E-state index contributed by atoms with van der Waals surface area (Å²) >= 11 is 1.17. The molecule has 1 heterocycles. The maximum atomic E-state index is 13.3. The van der Waals surface area contributed by atoms with Crippen LogP contribution in [0.25, 0.3) is 5.57 Å². The Morgan fingerprint density at radius 3 is 2.37 bits per heavy atom. The molecule has 0 spiro atoms. The highest BCUT2D eigenvalue weighted by molar-refractivity contribution is 8.04. The number of carbonyl (C=O) groups excluding carboxylic acids is 2. The Morgan fingerprint density at radius 2 is 1.73 bits per heavy atom. The molecule has 0 aliphatic carbocycles. The van der Waals surface area contributed by atoms with E-state index in [1.807, 2.05) is 0 Å². The maximum Gasteiger partial charge on any atom is 0.272 e. The van der Waals surface area contributed by atoms with E-state index >= 15 is 0 Å². The van der Waals surface area contributed by atoms with Gasteiger partial charge in [0.05, 0.1) is 36.5 Å². The predicted octanol–water partition coefficient (Wildman–Crippen LogP) is 3.74. The molecule has 0 radical (unpaired) electrons. The number of hydrogen-bond donors (Lipinski definition) is 1. The number of hydrogen-bond acceptors (Lipinski definition) is 6. The summed E-state index contributed by atoms with van der Waals surface area (Å²) in [7, 11) is 1.52. The maximum absolute atomic E-state index is 13.3. The Labute approximate surface area is 180 Å². The third-order valence-electron chi connectivity index (χ3n) is 4.43. The molecule has 6 nitrogen and oxygen atoms in total. The summed E-state index contributed by atoms with van der Waals surface area (Å²) in [5.41, 5.74) is 1.31. The molecule has 1 aliphatic heterocycles. The zero-order valence-electron chi connectivity index (χ0n) is 17.3. The average molecular weight is 428 g/mol. The largest absolute Gasteiger partial charge is 0.496 e. The summed E-state index contributed by atoms with van der Waals surface area (Å²) in [6.45, 7) is 4.61. The summed E-state index contributed by atoms with van der Waals surface area (Å²) in [4.78, 5) is 28.0. The predicted molar refractivity (Wildman–Crippen MR) is 119 cm³/mol. The summed E-state index contributed by atoms with van der Waals surface area (Å²) < 4.78 is 11.1. The molecule has 1 aliphatic rings. The van der Waals surface area contributed by atoms with Crippen molar-refractivity contribution in [2.45, 2.75) is 13.8 Å². The lowest BCUT2D eigenvalue weighted by Crippen LogP contribution is -2.31. The molecule has 158 valence electrons. The molecule has 0 bridgehead atoms. The molecule has 7 heteroatoms. The van der Waals surface area contributed by atoms with Crippen LogP contribution in [0.5, 0.6) is 11.5 Å². The lowest BCUT2D eigenvalue weighted by molar-refractivity contribution is -0.119. The van der Waals surface area contributed by atoms with Gasteiger partial charge in [0.25, 0.3) is 11.8 Å². The molecule has 0 unspecified atom stereocenters. The first kappa shape index (κ1) is 21.9. The van der Waals surface area contributed by atoms with Gasteiger partial charge in [-0.25, -0.2) is 4.90 Å². The number of aliphatic hydroxyl groups is 1. The van der Waals surface area contributed by atoms with E-state index in [0.717, 1.165) is 4.90 Å². The number of imide groups is 1. The highest BCUT2D eigenvalue weighted by Gasteiger charge is 2.41. The zero-order chi connectivity index (χ0) is 21.7. The number of nitrogens with zero attached hydrogens (tertiary/aromatic N) is 1. The van der Waals surface area contributed by atoms with Gasteiger partial charge in [-0.1, -0.05) is 32.0 Å². The van der Waals surface area contributed by atoms with Crippen molar-refractivity contribution in [1.82, 2.24) is 0 Å². The number of amides is 2. The molecule has 2 aromatic rings. The molecule has 0 aromatic heterocycles. The second-order valence-electron chi connectivity index (χ2n) is 7.12. The Hall–Kier alpha value is -2.77. The summed E-state index contributed by atoms with van der Waals surface area (Å²) in [5, 5.41) is 9.25. The summed E-state index contributed by atoms with van der Waals surface area (Å²) in [5.74, 6) is 1.07. The normalized spacial score (nSPS) is 14.1. The van der Waals surface area contributed by atoms with Crippen LogP contribution >= 0.6 is 11.8 Å². The topological polar surface area (TPSA) is 76.1 Å². The van der Waals surface area contributed by atoms with Gasteiger partial charge in [-0.05, 0) is 36.2 Å². The number of para-hydroxylation sites is 1. The number of aliphatic hydroxyl groups excluding tert-OH is 1. The van der Waals surface area contributed by atoms with Crippen LogP contribution in [0.15, 0.2) is 53.4 Å². The fourth-order valence-electron chi connectivity index (χ4n) is 3.07. The van der Waals surface area contributed by atoms with E-state index in [-0.39, 0.29) is 12.2 Å². The molecule has 1 N–H and O–H groups in total. The third kappa shape index (κ3) is 4.52. The first-order valence-electron chi connectivity index (χ1n) is 9.70. The van der Waals surface area contributed by atoms with Gasteiger partial charge in [-0.2, -0.15) is 0 Å². The van der Waals surface area contributed by atoms with Crippen LogP contribution in [0.2, 0.25) is 0 Å². The average Bonchev–Trinajstić information content (AvgIpc) is 3.00. The van der Waals surface area contributed by atoms with E-state index in [4.69, 9.17) is 9.47 Å². The number of anilines is 1. The van der Waals surface area contributed by atoms with Gasteiger partial charge >= 0.3 is 0 Å². The van der Waals surface area contributed by atoms with Crippen LogP contribution in [-0.2, 0) is 9.59 Å². The van der Waals surface area contributed by atoms with Crippen LogP contribution in [0, 0.1) is 5.92 Å². The smallest absolute Gasteiger partial charge is 0.272 e. The summed E-state index contributed by atoms with van der Waals surface area (Å²) in [6.07, 6.45) is 0. The van der Waals surface area contributed by atoms with E-state index in [1.54, 1.807) is 48.5 Å². The zero-order valence-corrected chi connectivity index (χ0v) is 18.1. The number of carbonyl (C=O) groups is 2. The second-order valence-corrected chi connectivity index (χ2v) is 8.23. The van der Waals surface area contributed by atoms with Gasteiger partial charge in [-0.3, -0.25) is 9.59 Å². The minimum Gasteiger partial charge on any atom is -0.496 e. The van der Waals surface area contributed by atoms with E-state index in [1.165, 1.54) is 18.9 Å². The standard InChI is InChI=1S/C23H25NO5S/c1-15(2)14-29-17-10-8-16(9-11-17)24-22(26)20(21(23(24)27)30-13-12-25)18-6-4-5-7-19(18)28-3/h4-11,15,25H,12-14H2,1-3H3. The van der Waals surface area contributed by atoms with Crippen LogP contribution in [-0.4, -0.2) is 43.0 Å². The molecular formula is C23H25NO5S. The fourth-order valence-corrected chi connectivity index (χ4v) is 3.92. The fraction of sp³-hybridized carbons (Fsp3) is 0.304. The molecule has 0 saturated carbocycles. The van der Waals surface area contributed by atoms with Crippen molar-refractivity contribution in [1.29, 1.82) is 0 Å². The molecule has 0 atom stereocenters. The van der Waals surface area contributed by atoms with Gasteiger partial charge < -0.3 is 14.6 Å². The van der Waals surface area contributed by atoms with Gasteiger partial charge in [0, 0.05) is 11.3 Å². The monoisotopic (exact) mass is 427 g/mol. The van der Waals surface area contributed by atoms with Crippen molar-refractivity contribution in [2.75, 3.05) is 31.0 Å². The van der Waals surface area contributed by atoms with Crippen LogP contribution in [0.3, 0.4) is 0 Å². The van der Waals surface area contributed by atoms with Crippen molar-refractivity contribution < 1.29 is 24.2 Å². The third-order valence-corrected chi connectivity index (χ3v) is 5.49. The molecular weight excluding hydrogens is 402 g/mol. The highest BCUT2D eigenvalue weighted by Crippen LogP contribution is 2.41. The number of thioether (sulfide) groups is 1. The Balaban J connectivity index is 1.96. The number of methoxy groups -OCH3 is 1. The number of rotatable bonds is 9. The Kier molecular flexibility index (Phi) is 7.18. The Bertz CT molecular complexity index is 952. The lowest BCUT2D eigenvalue weighted by atomic mass is 10.0. The van der Waals surface area contributed by atoms with E-state index in [0.29, 0.717) is 45.9 Å². The molecule has 2 amide bonds. The van der Waals surface area contributed by atoms with Crippen LogP contribution < -0.4 is 14.4 Å². The van der Waals surface area contributed by atoms with Crippen molar-refractivity contribution in [2.24, 2.45) is 5.92 Å². The Morgan fingerprint density at radius 1 is 1.03 bits per heavy atom. The second kappa shape index (κ2) is 9.82. The molecule has 2 aromatic carbocycles. The first-order valence-corrected chi connectivity index (χ1v) is 10.7. The van der Waals surface area contributed by atoms with E-state index in [2.05, 4.69) is 13.8 Å². The lowest BCUT2D eigenvalue weighted by Gasteiger charge is -2.16. The molecule has 0 fully saturated rings. The van der Waals surface area contributed by atoms with Crippen molar-refractivity contribution in [3.8, 4) is 11.5 Å². The minimum absolute atomic E-state index is 0.100. The van der Waals surface area contributed by atoms with E-state index < -0.39 is 11.8 Å². The quantitative estimate of drug-likeness (QED) is 0.615. The SMILES string of the molecule is COc1ccccc1C1=C(SCCO)C(=O)N(c2ccc(OCC(C)C)cc2)C1=O. The first-order chi connectivity index (χ1) is 14.5.